The number of piperidine rings is 1. The summed E-state index contributed by atoms with van der Waals surface area (Å²) < 4.78 is 7.32. The highest BCUT2D eigenvalue weighted by Gasteiger charge is 2.19. The molecule has 1 saturated heterocycles. The highest BCUT2D eigenvalue weighted by atomic mass is 127. The van der Waals surface area contributed by atoms with Gasteiger partial charge in [0.15, 0.2) is 5.96 Å². The number of nitrogens with zero attached hydrogens (tertiary/aromatic N) is 4. The summed E-state index contributed by atoms with van der Waals surface area (Å²) in [7, 11) is 7.80. The van der Waals surface area contributed by atoms with E-state index in [4.69, 9.17) is 4.74 Å². The van der Waals surface area contributed by atoms with Crippen LogP contribution in [0.5, 0.6) is 0 Å². The fourth-order valence-electron chi connectivity index (χ4n) is 3.23. The van der Waals surface area contributed by atoms with Crippen molar-refractivity contribution in [3.8, 4) is 0 Å². The first kappa shape index (κ1) is 22.2. The zero-order valence-electron chi connectivity index (χ0n) is 16.1. The van der Waals surface area contributed by atoms with Crippen molar-refractivity contribution in [3.63, 3.8) is 0 Å². The van der Waals surface area contributed by atoms with Crippen LogP contribution in [0, 0.1) is 5.92 Å². The number of hydrogen-bond acceptors (Lipinski definition) is 3. The van der Waals surface area contributed by atoms with Gasteiger partial charge in [-0.05, 0) is 44.0 Å². The third-order valence-electron chi connectivity index (χ3n) is 4.89. The molecule has 6 nitrogen and oxygen atoms in total. The van der Waals surface area contributed by atoms with Gasteiger partial charge in [0.2, 0.25) is 0 Å². The minimum absolute atomic E-state index is 0. The molecule has 0 saturated carbocycles. The fourth-order valence-corrected chi connectivity index (χ4v) is 3.23. The van der Waals surface area contributed by atoms with Crippen molar-refractivity contribution in [3.05, 3.63) is 24.0 Å². The summed E-state index contributed by atoms with van der Waals surface area (Å²) in [5.74, 6) is 1.70. The molecule has 0 radical (unpaired) electrons. The molecule has 1 aromatic heterocycles. The second-order valence-electron chi connectivity index (χ2n) is 6.67. The number of halogens is 1. The van der Waals surface area contributed by atoms with Crippen LogP contribution >= 0.6 is 24.0 Å². The van der Waals surface area contributed by atoms with Gasteiger partial charge in [-0.1, -0.05) is 0 Å². The normalized spacial score (nSPS) is 16.6. The molecule has 2 rings (SSSR count). The van der Waals surface area contributed by atoms with Crippen molar-refractivity contribution in [2.45, 2.75) is 19.4 Å². The summed E-state index contributed by atoms with van der Waals surface area (Å²) in [4.78, 5) is 9.11. The Balaban J connectivity index is 0.00000312. The van der Waals surface area contributed by atoms with Gasteiger partial charge in [-0.15, -0.1) is 24.0 Å². The van der Waals surface area contributed by atoms with Gasteiger partial charge in [-0.3, -0.25) is 4.99 Å². The molecule has 0 aliphatic carbocycles. The van der Waals surface area contributed by atoms with Crippen LogP contribution in [0.4, 0.5) is 0 Å². The number of guanidine groups is 1. The van der Waals surface area contributed by atoms with Crippen molar-refractivity contribution >= 4 is 29.9 Å². The number of methoxy groups -OCH3 is 1. The lowest BCUT2D eigenvalue weighted by Crippen LogP contribution is -2.43. The van der Waals surface area contributed by atoms with Crippen molar-refractivity contribution in [2.24, 2.45) is 18.0 Å². The van der Waals surface area contributed by atoms with E-state index in [9.17, 15) is 0 Å². The summed E-state index contributed by atoms with van der Waals surface area (Å²) in [6, 6.07) is 4.23. The Morgan fingerprint density at radius 1 is 1.40 bits per heavy atom. The number of nitrogens with one attached hydrogen (secondary N) is 1. The van der Waals surface area contributed by atoms with Crippen molar-refractivity contribution in [1.29, 1.82) is 0 Å². The molecule has 1 aliphatic heterocycles. The first-order valence-corrected chi connectivity index (χ1v) is 8.87. The number of ether oxygens (including phenoxy) is 1. The summed E-state index contributed by atoms with van der Waals surface area (Å²) in [5.41, 5.74) is 1.28. The number of rotatable bonds is 7. The largest absolute Gasteiger partial charge is 0.383 e. The second-order valence-corrected chi connectivity index (χ2v) is 6.67. The van der Waals surface area contributed by atoms with Crippen molar-refractivity contribution in [2.75, 3.05) is 54.0 Å². The molecule has 7 heteroatoms. The van der Waals surface area contributed by atoms with Crippen LogP contribution in [0.3, 0.4) is 0 Å². The predicted molar refractivity (Wildman–Crippen MR) is 115 cm³/mol. The maximum atomic E-state index is 5.17. The first-order chi connectivity index (χ1) is 11.6. The average Bonchev–Trinajstić information content (AvgIpc) is 2.99. The smallest absolute Gasteiger partial charge is 0.193 e. The van der Waals surface area contributed by atoms with Crippen LogP contribution < -0.4 is 5.32 Å². The molecular weight excluding hydrogens is 429 g/mol. The van der Waals surface area contributed by atoms with Crippen molar-refractivity contribution < 1.29 is 4.74 Å². The zero-order valence-corrected chi connectivity index (χ0v) is 18.4. The minimum Gasteiger partial charge on any atom is -0.383 e. The molecule has 0 unspecified atom stereocenters. The molecule has 0 atom stereocenters. The van der Waals surface area contributed by atoms with Gasteiger partial charge in [0.1, 0.15) is 0 Å². The molecule has 2 heterocycles. The van der Waals surface area contributed by atoms with E-state index in [1.165, 1.54) is 31.6 Å². The molecule has 0 spiro atoms. The summed E-state index contributed by atoms with van der Waals surface area (Å²) in [6.07, 6.45) is 4.57. The summed E-state index contributed by atoms with van der Waals surface area (Å²) in [5, 5.41) is 3.55. The van der Waals surface area contributed by atoms with Gasteiger partial charge in [-0.25, -0.2) is 0 Å². The Morgan fingerprint density at radius 3 is 2.68 bits per heavy atom. The first-order valence-electron chi connectivity index (χ1n) is 8.87. The van der Waals surface area contributed by atoms with E-state index in [1.54, 1.807) is 7.11 Å². The van der Waals surface area contributed by atoms with Gasteiger partial charge >= 0.3 is 0 Å². The Kier molecular flexibility index (Phi) is 10.4. The molecule has 25 heavy (non-hydrogen) atoms. The highest BCUT2D eigenvalue weighted by molar-refractivity contribution is 14.0. The second kappa shape index (κ2) is 11.7. The van der Waals surface area contributed by atoms with Gasteiger partial charge in [0.25, 0.3) is 0 Å². The average molecular weight is 463 g/mol. The van der Waals surface area contributed by atoms with E-state index < -0.39 is 0 Å². The monoisotopic (exact) mass is 463 g/mol. The van der Waals surface area contributed by atoms with E-state index in [1.807, 2.05) is 7.05 Å². The number of aliphatic imine (C=N–C) groups is 1. The molecule has 0 amide bonds. The van der Waals surface area contributed by atoms with Crippen LogP contribution in [0.15, 0.2) is 23.3 Å². The van der Waals surface area contributed by atoms with Crippen LogP contribution in [-0.4, -0.2) is 74.3 Å². The summed E-state index contributed by atoms with van der Waals surface area (Å²) >= 11 is 0. The third kappa shape index (κ3) is 7.15. The predicted octanol–water partition coefficient (Wildman–Crippen LogP) is 2.01. The third-order valence-corrected chi connectivity index (χ3v) is 4.89. The quantitative estimate of drug-likeness (QED) is 0.382. The standard InChI is InChI=1S/C18H33N5O.HI/c1-19-18(22(3)15-17-6-5-9-21(17)2)20-14-16-7-10-23(11-8-16)12-13-24-4;/h5-6,9,16H,7-8,10-15H2,1-4H3,(H,19,20);1H. The molecule has 0 bridgehead atoms. The Morgan fingerprint density at radius 2 is 2.12 bits per heavy atom. The summed E-state index contributed by atoms with van der Waals surface area (Å²) in [6.45, 7) is 6.10. The maximum Gasteiger partial charge on any atom is 0.193 e. The van der Waals surface area contributed by atoms with Gasteiger partial charge < -0.3 is 24.4 Å². The molecule has 144 valence electrons. The molecule has 1 fully saturated rings. The van der Waals surface area contributed by atoms with E-state index in [2.05, 4.69) is 57.1 Å². The molecule has 1 N–H and O–H groups in total. The van der Waals surface area contributed by atoms with E-state index in [0.29, 0.717) is 0 Å². The number of likely N-dealkylation sites (tertiary alicyclic amines) is 1. The van der Waals surface area contributed by atoms with E-state index in [0.717, 1.165) is 38.1 Å². The van der Waals surface area contributed by atoms with E-state index >= 15 is 0 Å². The fraction of sp³-hybridized carbons (Fsp3) is 0.722. The Bertz CT molecular complexity index is 511. The Hall–Kier alpha value is -0.800. The highest BCUT2D eigenvalue weighted by Crippen LogP contribution is 2.16. The van der Waals surface area contributed by atoms with Crippen molar-refractivity contribution in [1.82, 2.24) is 19.7 Å². The number of hydrogen-bond donors (Lipinski definition) is 1. The van der Waals surface area contributed by atoms with Gasteiger partial charge in [-0.2, -0.15) is 0 Å². The van der Waals surface area contributed by atoms with Crippen LogP contribution in [0.25, 0.3) is 0 Å². The van der Waals surface area contributed by atoms with Crippen LogP contribution in [0.1, 0.15) is 18.5 Å². The molecular formula is C18H34IN5O. The lowest BCUT2D eigenvalue weighted by atomic mass is 9.97. The minimum atomic E-state index is 0. The van der Waals surface area contributed by atoms with Crippen LogP contribution in [-0.2, 0) is 18.3 Å². The number of aryl methyl sites for hydroxylation is 1. The van der Waals surface area contributed by atoms with Gasteiger partial charge in [0, 0.05) is 53.2 Å². The maximum absolute atomic E-state index is 5.17. The lowest BCUT2D eigenvalue weighted by molar-refractivity contribution is 0.120. The number of aromatic nitrogens is 1. The molecule has 0 aromatic carbocycles. The van der Waals surface area contributed by atoms with E-state index in [-0.39, 0.29) is 24.0 Å². The SMILES string of the molecule is CN=C(NCC1CCN(CCOC)CC1)N(C)Cc1cccn1C.I. The Labute approximate surface area is 169 Å². The lowest BCUT2D eigenvalue weighted by Gasteiger charge is -2.32. The zero-order chi connectivity index (χ0) is 17.4. The molecule has 1 aromatic rings. The molecule has 1 aliphatic rings. The van der Waals surface area contributed by atoms with Gasteiger partial charge in [0.05, 0.1) is 13.2 Å². The topological polar surface area (TPSA) is 45.0 Å². The van der Waals surface area contributed by atoms with Crippen LogP contribution in [0.2, 0.25) is 0 Å².